The van der Waals surface area contributed by atoms with E-state index in [1.54, 1.807) is 29.7 Å². The van der Waals surface area contributed by atoms with Crippen molar-refractivity contribution >= 4 is 23.1 Å². The Labute approximate surface area is 148 Å². The summed E-state index contributed by atoms with van der Waals surface area (Å²) < 4.78 is 13.3. The van der Waals surface area contributed by atoms with Crippen LogP contribution in [0.2, 0.25) is 0 Å². The van der Waals surface area contributed by atoms with Gasteiger partial charge in [0.25, 0.3) is 0 Å². The predicted molar refractivity (Wildman–Crippen MR) is 97.2 cm³/mol. The summed E-state index contributed by atoms with van der Waals surface area (Å²) >= 11 is 1.55. The number of thiazole rings is 1. The minimum absolute atomic E-state index is 0.0854. The normalized spacial score (nSPS) is 15.6. The Morgan fingerprint density at radius 1 is 1.24 bits per heavy atom. The van der Waals surface area contributed by atoms with Gasteiger partial charge in [-0.15, -0.1) is 11.3 Å². The van der Waals surface area contributed by atoms with Crippen LogP contribution in [0.3, 0.4) is 0 Å². The predicted octanol–water partition coefficient (Wildman–Crippen LogP) is 4.76. The molecule has 1 aromatic heterocycles. The summed E-state index contributed by atoms with van der Waals surface area (Å²) in [6.45, 7) is 0. The highest BCUT2D eigenvalue weighted by molar-refractivity contribution is 7.13. The largest absolute Gasteiger partial charge is 0.331 e. The molecule has 0 spiro atoms. The van der Waals surface area contributed by atoms with Gasteiger partial charge in [0.2, 0.25) is 0 Å². The molecule has 0 aliphatic heterocycles. The number of anilines is 1. The average Bonchev–Trinajstić information content (AvgIpc) is 3.25. The van der Waals surface area contributed by atoms with Gasteiger partial charge in [0.1, 0.15) is 10.8 Å². The van der Waals surface area contributed by atoms with Crippen LogP contribution in [0.1, 0.15) is 23.6 Å². The van der Waals surface area contributed by atoms with Crippen molar-refractivity contribution in [1.82, 2.24) is 10.3 Å². The summed E-state index contributed by atoms with van der Waals surface area (Å²) in [6, 6.07) is 12.0. The molecule has 2 aromatic carbocycles. The average molecular weight is 353 g/mol. The van der Waals surface area contributed by atoms with E-state index in [1.807, 2.05) is 29.6 Å². The maximum absolute atomic E-state index is 13.3. The van der Waals surface area contributed by atoms with E-state index >= 15 is 0 Å². The van der Waals surface area contributed by atoms with Crippen LogP contribution in [0.4, 0.5) is 14.9 Å². The number of nitrogens with zero attached hydrogens (tertiary/aromatic N) is 1. The molecule has 0 unspecified atom stereocenters. The van der Waals surface area contributed by atoms with Crippen LogP contribution in [0.5, 0.6) is 0 Å². The van der Waals surface area contributed by atoms with E-state index in [1.165, 1.54) is 6.07 Å². The third-order valence-electron chi connectivity index (χ3n) is 4.29. The Bertz CT molecular complexity index is 911. The maximum Gasteiger partial charge on any atom is 0.319 e. The topological polar surface area (TPSA) is 54.0 Å². The van der Waals surface area contributed by atoms with Crippen LogP contribution in [0, 0.1) is 5.82 Å². The minimum atomic E-state index is -0.265. The Kier molecular flexibility index (Phi) is 4.19. The van der Waals surface area contributed by atoms with Crippen LogP contribution >= 0.6 is 11.3 Å². The van der Waals surface area contributed by atoms with Crippen LogP contribution in [-0.2, 0) is 6.42 Å². The number of fused-ring (bicyclic) bond motifs is 1. The van der Waals surface area contributed by atoms with Crippen molar-refractivity contribution in [1.29, 1.82) is 0 Å². The van der Waals surface area contributed by atoms with Crippen LogP contribution in [-0.4, -0.2) is 11.0 Å². The van der Waals surface area contributed by atoms with Gasteiger partial charge in [-0.1, -0.05) is 18.2 Å². The Morgan fingerprint density at radius 3 is 3.00 bits per heavy atom. The number of nitrogens with one attached hydrogen (secondary N) is 2. The first-order valence-corrected chi connectivity index (χ1v) is 8.93. The molecule has 0 saturated carbocycles. The molecular weight excluding hydrogens is 337 g/mol. The SMILES string of the molecule is O=C(Nc1cccc(-c2nccs2)c1)N[C@@H]1CCc2cc(F)ccc21. The fraction of sp³-hybridized carbons (Fsp3) is 0.158. The fourth-order valence-electron chi connectivity index (χ4n) is 3.16. The summed E-state index contributed by atoms with van der Waals surface area (Å²) in [5.74, 6) is -0.233. The first-order chi connectivity index (χ1) is 12.2. The molecule has 0 saturated heterocycles. The molecule has 1 aliphatic rings. The molecular formula is C19H16FN3OS. The number of hydrogen-bond acceptors (Lipinski definition) is 3. The summed E-state index contributed by atoms with van der Waals surface area (Å²) in [7, 11) is 0. The zero-order valence-electron chi connectivity index (χ0n) is 13.3. The lowest BCUT2D eigenvalue weighted by Gasteiger charge is -2.15. The summed E-state index contributed by atoms with van der Waals surface area (Å²) in [5.41, 5.74) is 3.64. The van der Waals surface area contributed by atoms with Crippen molar-refractivity contribution in [2.24, 2.45) is 0 Å². The second kappa shape index (κ2) is 6.64. The van der Waals surface area contributed by atoms with E-state index in [-0.39, 0.29) is 17.9 Å². The lowest BCUT2D eigenvalue weighted by Crippen LogP contribution is -2.31. The van der Waals surface area contributed by atoms with Crippen LogP contribution in [0.25, 0.3) is 10.6 Å². The summed E-state index contributed by atoms with van der Waals surface area (Å²) in [4.78, 5) is 16.6. The number of rotatable bonds is 3. The lowest BCUT2D eigenvalue weighted by molar-refractivity contribution is 0.248. The molecule has 4 nitrogen and oxygen atoms in total. The Morgan fingerprint density at radius 2 is 2.16 bits per heavy atom. The quantitative estimate of drug-likeness (QED) is 0.713. The summed E-state index contributed by atoms with van der Waals surface area (Å²) in [6.07, 6.45) is 3.32. The zero-order valence-corrected chi connectivity index (χ0v) is 14.1. The number of aromatic nitrogens is 1. The second-order valence-corrected chi connectivity index (χ2v) is 6.85. The van der Waals surface area contributed by atoms with Gasteiger partial charge in [-0.3, -0.25) is 0 Å². The third kappa shape index (κ3) is 3.39. The van der Waals surface area contributed by atoms with Crippen LogP contribution < -0.4 is 10.6 Å². The fourth-order valence-corrected chi connectivity index (χ4v) is 3.79. The first kappa shape index (κ1) is 15.8. The van der Waals surface area contributed by atoms with Gasteiger partial charge >= 0.3 is 6.03 Å². The number of benzene rings is 2. The van der Waals surface area contributed by atoms with Crippen molar-refractivity contribution in [2.75, 3.05) is 5.32 Å². The minimum Gasteiger partial charge on any atom is -0.331 e. The zero-order chi connectivity index (χ0) is 17.2. The molecule has 0 fully saturated rings. The van der Waals surface area contributed by atoms with Crippen molar-refractivity contribution in [3.8, 4) is 10.6 Å². The van der Waals surface area contributed by atoms with Crippen molar-refractivity contribution in [3.05, 3.63) is 71.0 Å². The molecule has 4 rings (SSSR count). The van der Waals surface area contributed by atoms with Crippen molar-refractivity contribution in [3.63, 3.8) is 0 Å². The van der Waals surface area contributed by atoms with Gasteiger partial charge in [-0.05, 0) is 48.2 Å². The number of hydrogen-bond donors (Lipinski definition) is 2. The summed E-state index contributed by atoms with van der Waals surface area (Å²) in [5, 5.41) is 8.67. The van der Waals surface area contributed by atoms with E-state index in [9.17, 15) is 9.18 Å². The highest BCUT2D eigenvalue weighted by Gasteiger charge is 2.24. The van der Waals surface area contributed by atoms with Gasteiger partial charge in [-0.2, -0.15) is 0 Å². The van der Waals surface area contributed by atoms with E-state index in [2.05, 4.69) is 15.6 Å². The number of halogens is 1. The van der Waals surface area contributed by atoms with Gasteiger partial charge < -0.3 is 10.6 Å². The van der Waals surface area contributed by atoms with Crippen molar-refractivity contribution < 1.29 is 9.18 Å². The highest BCUT2D eigenvalue weighted by Crippen LogP contribution is 2.31. The molecule has 6 heteroatoms. The van der Waals surface area contributed by atoms with Gasteiger partial charge in [-0.25, -0.2) is 14.2 Å². The van der Waals surface area contributed by atoms with Gasteiger partial charge in [0.05, 0.1) is 6.04 Å². The van der Waals surface area contributed by atoms with Crippen LogP contribution in [0.15, 0.2) is 54.0 Å². The second-order valence-electron chi connectivity index (χ2n) is 5.95. The van der Waals surface area contributed by atoms with Gasteiger partial charge in [0.15, 0.2) is 0 Å². The molecule has 3 aromatic rings. The molecule has 2 N–H and O–H groups in total. The number of amides is 2. The number of carbonyl (C=O) groups is 1. The Hall–Kier alpha value is -2.73. The maximum atomic E-state index is 13.3. The third-order valence-corrected chi connectivity index (χ3v) is 5.11. The first-order valence-electron chi connectivity index (χ1n) is 8.05. The van der Waals surface area contributed by atoms with E-state index < -0.39 is 0 Å². The molecule has 25 heavy (non-hydrogen) atoms. The van der Waals surface area contributed by atoms with Crippen molar-refractivity contribution in [2.45, 2.75) is 18.9 Å². The monoisotopic (exact) mass is 353 g/mol. The number of carbonyl (C=O) groups excluding carboxylic acids is 1. The molecule has 1 aliphatic carbocycles. The molecule has 0 radical (unpaired) electrons. The standard InChI is InChI=1S/C19H16FN3OS/c20-14-5-6-16-12(10-14)4-7-17(16)23-19(24)22-15-3-1-2-13(11-15)18-21-8-9-25-18/h1-3,5-6,8-11,17H,4,7H2,(H2,22,23,24)/t17-/m1/s1. The van der Waals surface area contributed by atoms with E-state index in [4.69, 9.17) is 0 Å². The van der Waals surface area contributed by atoms with E-state index in [0.29, 0.717) is 5.69 Å². The molecule has 0 bridgehead atoms. The smallest absolute Gasteiger partial charge is 0.319 e. The van der Waals surface area contributed by atoms with E-state index in [0.717, 1.165) is 34.5 Å². The van der Waals surface area contributed by atoms with Gasteiger partial charge in [0, 0.05) is 22.8 Å². The lowest BCUT2D eigenvalue weighted by atomic mass is 10.1. The molecule has 2 amide bonds. The number of urea groups is 1. The highest BCUT2D eigenvalue weighted by atomic mass is 32.1. The Balaban J connectivity index is 1.45. The number of aryl methyl sites for hydroxylation is 1. The molecule has 1 atom stereocenters. The molecule has 126 valence electrons. The molecule has 1 heterocycles.